The van der Waals surface area contributed by atoms with Gasteiger partial charge in [0.2, 0.25) is 0 Å². The Hall–Kier alpha value is -0.0500. The van der Waals surface area contributed by atoms with Crippen molar-refractivity contribution in [2.24, 2.45) is 5.73 Å². The summed E-state index contributed by atoms with van der Waals surface area (Å²) in [4.78, 5) is 2.69. The smallest absolute Gasteiger partial charge is 0.0273 e. The van der Waals surface area contributed by atoms with Gasteiger partial charge in [0, 0.05) is 16.3 Å². The summed E-state index contributed by atoms with van der Waals surface area (Å²) in [6.45, 7) is 7.33. The molecule has 0 spiro atoms. The van der Waals surface area contributed by atoms with Gasteiger partial charge in [0.05, 0.1) is 0 Å². The van der Waals surface area contributed by atoms with E-state index in [1.165, 1.54) is 9.75 Å². The number of hydrogen-bond donors (Lipinski definition) is 1. The van der Waals surface area contributed by atoms with E-state index in [9.17, 15) is 0 Å². The molecule has 0 fully saturated rings. The first kappa shape index (κ1) is 11.9. The third-order valence-electron chi connectivity index (χ3n) is 1.60. The highest BCUT2D eigenvalue weighted by Gasteiger charge is 2.15. The van der Waals surface area contributed by atoms with Gasteiger partial charge in [-0.1, -0.05) is 20.8 Å². The summed E-state index contributed by atoms with van der Waals surface area (Å²) >= 11 is 1.81. The van der Waals surface area contributed by atoms with Crippen LogP contribution in [0.25, 0.3) is 0 Å². The zero-order valence-electron chi connectivity index (χ0n) is 7.76. The molecule has 0 unspecified atom stereocenters. The minimum Gasteiger partial charge on any atom is -0.326 e. The van der Waals surface area contributed by atoms with Crippen LogP contribution in [0.1, 0.15) is 30.5 Å². The third kappa shape index (κ3) is 2.77. The molecule has 1 heterocycles. The predicted octanol–water partition coefficient (Wildman–Crippen LogP) is 2.93. The average molecular weight is 206 g/mol. The lowest BCUT2D eigenvalue weighted by Gasteiger charge is -2.15. The molecule has 0 bridgehead atoms. The molecule has 1 aromatic rings. The molecule has 0 aliphatic rings. The molecule has 0 amide bonds. The van der Waals surface area contributed by atoms with Crippen LogP contribution in [0.5, 0.6) is 0 Å². The molecule has 0 saturated carbocycles. The monoisotopic (exact) mass is 205 g/mol. The second-order valence-corrected chi connectivity index (χ2v) is 4.89. The summed E-state index contributed by atoms with van der Waals surface area (Å²) in [5.41, 5.74) is 5.79. The molecule has 2 N–H and O–H groups in total. The second-order valence-electron chi connectivity index (χ2n) is 3.72. The van der Waals surface area contributed by atoms with Crippen molar-refractivity contribution in [1.29, 1.82) is 0 Å². The Morgan fingerprint density at radius 2 is 1.92 bits per heavy atom. The van der Waals surface area contributed by atoms with Crippen molar-refractivity contribution >= 4 is 23.7 Å². The molecule has 1 rings (SSSR count). The Kier molecular flexibility index (Phi) is 4.24. The Labute approximate surface area is 84.4 Å². The number of nitrogens with two attached hydrogens (primary N) is 1. The summed E-state index contributed by atoms with van der Waals surface area (Å²) < 4.78 is 0. The van der Waals surface area contributed by atoms with Gasteiger partial charge in [0.15, 0.2) is 0 Å². The van der Waals surface area contributed by atoms with Crippen LogP contribution in [-0.2, 0) is 12.0 Å². The summed E-state index contributed by atoms with van der Waals surface area (Å²) in [5, 5.41) is 0. The topological polar surface area (TPSA) is 26.0 Å². The molecule has 0 aliphatic heterocycles. The van der Waals surface area contributed by atoms with Gasteiger partial charge in [0.25, 0.3) is 0 Å². The van der Waals surface area contributed by atoms with E-state index < -0.39 is 0 Å². The molecule has 3 heteroatoms. The van der Waals surface area contributed by atoms with Crippen LogP contribution in [0.4, 0.5) is 0 Å². The Morgan fingerprint density at radius 1 is 1.33 bits per heavy atom. The van der Waals surface area contributed by atoms with E-state index in [-0.39, 0.29) is 17.8 Å². The maximum atomic E-state index is 5.52. The van der Waals surface area contributed by atoms with E-state index in [0.29, 0.717) is 6.54 Å². The third-order valence-corrected chi connectivity index (χ3v) is 3.14. The average Bonchev–Trinajstić information content (AvgIpc) is 2.32. The maximum Gasteiger partial charge on any atom is 0.0273 e. The largest absolute Gasteiger partial charge is 0.326 e. The maximum absolute atomic E-state index is 5.52. The summed E-state index contributed by atoms with van der Waals surface area (Å²) in [6.07, 6.45) is 0. The second kappa shape index (κ2) is 4.26. The van der Waals surface area contributed by atoms with Gasteiger partial charge in [0.1, 0.15) is 0 Å². The molecule has 12 heavy (non-hydrogen) atoms. The molecule has 0 aromatic carbocycles. The van der Waals surface area contributed by atoms with Crippen LogP contribution in [0.3, 0.4) is 0 Å². The van der Waals surface area contributed by atoms with Crippen molar-refractivity contribution in [3.05, 3.63) is 21.9 Å². The molecule has 1 aromatic heterocycles. The lowest BCUT2D eigenvalue weighted by molar-refractivity contribution is 0.604. The van der Waals surface area contributed by atoms with Crippen LogP contribution in [0.15, 0.2) is 12.1 Å². The van der Waals surface area contributed by atoms with Crippen LogP contribution in [-0.4, -0.2) is 0 Å². The molecule has 0 aliphatic carbocycles. The first-order chi connectivity index (χ1) is 5.04. The fourth-order valence-corrected chi connectivity index (χ4v) is 1.83. The first-order valence-corrected chi connectivity index (χ1v) is 4.65. The van der Waals surface area contributed by atoms with Crippen molar-refractivity contribution in [2.75, 3.05) is 0 Å². The molecular weight excluding hydrogens is 190 g/mol. The Bertz CT molecular complexity index is 237. The number of halogens is 1. The fraction of sp³-hybridized carbons (Fsp3) is 0.556. The molecule has 70 valence electrons. The quantitative estimate of drug-likeness (QED) is 0.750. The highest BCUT2D eigenvalue weighted by atomic mass is 35.5. The highest BCUT2D eigenvalue weighted by molar-refractivity contribution is 7.12. The normalized spacial score (nSPS) is 11.0. The summed E-state index contributed by atoms with van der Waals surface area (Å²) in [6, 6.07) is 4.29. The summed E-state index contributed by atoms with van der Waals surface area (Å²) in [7, 11) is 0. The fourth-order valence-electron chi connectivity index (χ4n) is 0.891. The lowest BCUT2D eigenvalue weighted by Crippen LogP contribution is -2.07. The van der Waals surface area contributed by atoms with Gasteiger partial charge < -0.3 is 5.73 Å². The van der Waals surface area contributed by atoms with Crippen molar-refractivity contribution in [3.63, 3.8) is 0 Å². The van der Waals surface area contributed by atoms with E-state index in [1.54, 1.807) is 0 Å². The van der Waals surface area contributed by atoms with Crippen molar-refractivity contribution in [3.8, 4) is 0 Å². The highest BCUT2D eigenvalue weighted by Crippen LogP contribution is 2.28. The van der Waals surface area contributed by atoms with Crippen LogP contribution < -0.4 is 5.73 Å². The van der Waals surface area contributed by atoms with Crippen molar-refractivity contribution in [1.82, 2.24) is 0 Å². The predicted molar refractivity (Wildman–Crippen MR) is 58.2 cm³/mol. The molecule has 0 atom stereocenters. The Morgan fingerprint density at radius 3 is 2.17 bits per heavy atom. The molecule has 1 nitrogen and oxygen atoms in total. The summed E-state index contributed by atoms with van der Waals surface area (Å²) in [5.74, 6) is 0. The lowest BCUT2D eigenvalue weighted by atomic mass is 9.95. The molecular formula is C9H16ClNS. The first-order valence-electron chi connectivity index (χ1n) is 3.83. The van der Waals surface area contributed by atoms with Gasteiger partial charge in [-0.05, 0) is 17.5 Å². The van der Waals surface area contributed by atoms with Gasteiger partial charge in [-0.15, -0.1) is 23.7 Å². The van der Waals surface area contributed by atoms with Crippen molar-refractivity contribution in [2.45, 2.75) is 32.7 Å². The SMILES string of the molecule is CC(C)(C)c1ccc(CN)s1.Cl. The zero-order valence-corrected chi connectivity index (χ0v) is 9.39. The standard InChI is InChI=1S/C9H15NS.ClH/c1-9(2,3)8-5-4-7(6-10)11-8;/h4-5H,6,10H2,1-3H3;1H. The van der Waals surface area contributed by atoms with Crippen LogP contribution in [0, 0.1) is 0 Å². The van der Waals surface area contributed by atoms with Crippen molar-refractivity contribution < 1.29 is 0 Å². The van der Waals surface area contributed by atoms with E-state index >= 15 is 0 Å². The number of hydrogen-bond acceptors (Lipinski definition) is 2. The van der Waals surface area contributed by atoms with Crippen LogP contribution in [0.2, 0.25) is 0 Å². The van der Waals surface area contributed by atoms with Gasteiger partial charge >= 0.3 is 0 Å². The van der Waals surface area contributed by atoms with E-state index in [0.717, 1.165) is 0 Å². The minimum absolute atomic E-state index is 0. The van der Waals surface area contributed by atoms with E-state index in [2.05, 4.69) is 32.9 Å². The Balaban J connectivity index is 0.00000121. The van der Waals surface area contributed by atoms with Crippen LogP contribution >= 0.6 is 23.7 Å². The van der Waals surface area contributed by atoms with Gasteiger partial charge in [-0.25, -0.2) is 0 Å². The van der Waals surface area contributed by atoms with Gasteiger partial charge in [-0.2, -0.15) is 0 Å². The van der Waals surface area contributed by atoms with Gasteiger partial charge in [-0.3, -0.25) is 0 Å². The number of thiophene rings is 1. The molecule has 0 radical (unpaired) electrons. The zero-order chi connectivity index (χ0) is 8.48. The number of rotatable bonds is 1. The van der Waals surface area contributed by atoms with E-state index in [4.69, 9.17) is 5.73 Å². The van der Waals surface area contributed by atoms with E-state index in [1.807, 2.05) is 11.3 Å². The minimum atomic E-state index is 0. The molecule has 0 saturated heterocycles.